The smallest absolute Gasteiger partial charge is 0.194 e. The van der Waals surface area contributed by atoms with Gasteiger partial charge in [0.05, 0.1) is 9.65 Å². The first-order chi connectivity index (χ1) is 25.6. The number of hydrogen-bond acceptors (Lipinski definition) is 3. The van der Waals surface area contributed by atoms with Crippen LogP contribution in [0.25, 0.3) is 21.5 Å². The highest BCUT2D eigenvalue weighted by Crippen LogP contribution is 2.48. The second-order valence-electron chi connectivity index (χ2n) is 12.7. The molecule has 0 saturated heterocycles. The Morgan fingerprint density at radius 2 is 0.925 bits per heavy atom. The maximum atomic E-state index is 12.7. The minimum Gasteiger partial charge on any atom is -0.289 e. The average Bonchev–Trinajstić information content (AvgIpc) is 3.44. The van der Waals surface area contributed by atoms with Crippen molar-refractivity contribution in [2.24, 2.45) is 0 Å². The first kappa shape index (κ1) is 37.8. The van der Waals surface area contributed by atoms with Gasteiger partial charge >= 0.3 is 0 Å². The van der Waals surface area contributed by atoms with Crippen molar-refractivity contribution in [3.8, 4) is 0 Å². The van der Waals surface area contributed by atoms with Crippen LogP contribution in [0.5, 0.6) is 0 Å². The summed E-state index contributed by atoms with van der Waals surface area (Å²) in [6.07, 6.45) is 1.86. The van der Waals surface area contributed by atoms with Gasteiger partial charge in [0.15, 0.2) is 17.0 Å². The number of benzene rings is 6. The zero-order chi connectivity index (χ0) is 37.2. The van der Waals surface area contributed by atoms with E-state index >= 15 is 0 Å². The van der Waals surface area contributed by atoms with Gasteiger partial charge in [0.25, 0.3) is 0 Å². The lowest BCUT2D eigenvalue weighted by Gasteiger charge is -2.17. The van der Waals surface area contributed by atoms with E-state index in [9.17, 15) is 14.4 Å². The Balaban J connectivity index is 0.000000123. The van der Waals surface area contributed by atoms with Gasteiger partial charge in [0, 0.05) is 46.4 Å². The number of carbonyl (C=O) groups excluding carboxylic acids is 2. The number of rotatable bonds is 0. The van der Waals surface area contributed by atoms with Crippen molar-refractivity contribution in [3.63, 3.8) is 0 Å². The second kappa shape index (κ2) is 16.5. The van der Waals surface area contributed by atoms with E-state index in [-0.39, 0.29) is 26.6 Å². The molecular weight excluding hydrogens is 988 g/mol. The van der Waals surface area contributed by atoms with Crippen molar-refractivity contribution in [1.29, 1.82) is 0 Å². The molecule has 53 heavy (non-hydrogen) atoms. The van der Waals surface area contributed by atoms with Gasteiger partial charge in [-0.05, 0) is 100 Å². The molecule has 2 atom stereocenters. The fourth-order valence-corrected chi connectivity index (χ4v) is 9.30. The number of ketones is 2. The number of aryl methyl sites for hydroxylation is 2. The number of hydrogen-bond donors (Lipinski definition) is 0. The largest absolute Gasteiger partial charge is 0.289 e. The Kier molecular flexibility index (Phi) is 11.7. The lowest BCUT2D eigenvalue weighted by Crippen LogP contribution is -2.03. The lowest BCUT2D eigenvalue weighted by molar-refractivity contribution is 0.103. The van der Waals surface area contributed by atoms with E-state index in [1.807, 2.05) is 133 Å². The van der Waals surface area contributed by atoms with Gasteiger partial charge in [-0.25, -0.2) is 0 Å². The maximum absolute atomic E-state index is 12.7. The first-order valence-corrected chi connectivity index (χ1v) is 21.1. The minimum atomic E-state index is 0.0626. The van der Waals surface area contributed by atoms with E-state index in [2.05, 4.69) is 85.7 Å². The highest BCUT2D eigenvalue weighted by atomic mass is 79.9. The molecule has 7 aromatic carbocycles. The van der Waals surface area contributed by atoms with Gasteiger partial charge in [-0.2, -0.15) is 0 Å². The molecule has 0 aliphatic heterocycles. The maximum Gasteiger partial charge on any atom is 0.194 e. The third-order valence-corrected chi connectivity index (χ3v) is 13.7. The summed E-state index contributed by atoms with van der Waals surface area (Å²) in [5, 5.41) is 3.46. The third-order valence-electron chi connectivity index (χ3n) is 9.46. The van der Waals surface area contributed by atoms with Crippen LogP contribution < -0.4 is 5.43 Å². The number of halogens is 5. The summed E-state index contributed by atoms with van der Waals surface area (Å²) in [6, 6.07) is 44.8. The standard InChI is InChI=1S/C15H9Br3O.C15H11BrO.C15H9BrO/c16-8-5-6-11-12(7-8)14(18)13(17)9-3-1-2-4-10(9)15(11)19;2*16-12-7-8-14-11(9-12)6-5-10-3-1-2-4-13(10)15(14)17/h1-7,13-14H;1-4,7-9H,5-6H2;1-9H. The topological polar surface area (TPSA) is 51.2 Å². The summed E-state index contributed by atoms with van der Waals surface area (Å²) < 4.78 is 3.00. The molecule has 0 radical (unpaired) electrons. The van der Waals surface area contributed by atoms with Crippen molar-refractivity contribution in [2.45, 2.75) is 22.5 Å². The van der Waals surface area contributed by atoms with Crippen molar-refractivity contribution in [1.82, 2.24) is 0 Å². The molecule has 2 aliphatic carbocycles. The van der Waals surface area contributed by atoms with Crippen LogP contribution in [0, 0.1) is 0 Å². The third kappa shape index (κ3) is 7.99. The molecule has 0 saturated carbocycles. The van der Waals surface area contributed by atoms with Crippen LogP contribution in [0.4, 0.5) is 0 Å². The van der Waals surface area contributed by atoms with Crippen LogP contribution in [0.15, 0.2) is 158 Å². The Bertz CT molecular complexity index is 2620. The molecule has 262 valence electrons. The van der Waals surface area contributed by atoms with Crippen molar-refractivity contribution in [3.05, 3.63) is 208 Å². The molecule has 9 rings (SSSR count). The molecular formula is C45H29Br5O3. The Labute approximate surface area is 349 Å². The van der Waals surface area contributed by atoms with Crippen molar-refractivity contribution >= 4 is 113 Å². The number of carbonyl (C=O) groups is 2. The zero-order valence-corrected chi connectivity index (χ0v) is 35.9. The van der Waals surface area contributed by atoms with E-state index in [4.69, 9.17) is 0 Å². The van der Waals surface area contributed by atoms with Crippen LogP contribution in [-0.4, -0.2) is 11.6 Å². The molecule has 0 aromatic heterocycles. The summed E-state index contributed by atoms with van der Waals surface area (Å²) in [6.45, 7) is 0. The van der Waals surface area contributed by atoms with Crippen molar-refractivity contribution in [2.75, 3.05) is 0 Å². The summed E-state index contributed by atoms with van der Waals surface area (Å²) in [4.78, 5) is 37.6. The molecule has 0 spiro atoms. The normalized spacial score (nSPS) is 15.6. The lowest BCUT2D eigenvalue weighted by atomic mass is 9.99. The second-order valence-corrected chi connectivity index (χ2v) is 17.4. The van der Waals surface area contributed by atoms with E-state index in [0.29, 0.717) is 0 Å². The highest BCUT2D eigenvalue weighted by Gasteiger charge is 2.32. The number of alkyl halides is 2. The van der Waals surface area contributed by atoms with Crippen LogP contribution >= 0.6 is 79.6 Å². The van der Waals surface area contributed by atoms with E-state index in [1.165, 1.54) is 0 Å². The minimum absolute atomic E-state index is 0.0626. The highest BCUT2D eigenvalue weighted by molar-refractivity contribution is 9.12. The molecule has 7 aromatic rings. The van der Waals surface area contributed by atoms with Gasteiger partial charge < -0.3 is 0 Å². The number of fused-ring (bicyclic) bond motifs is 6. The predicted molar refractivity (Wildman–Crippen MR) is 234 cm³/mol. The van der Waals surface area contributed by atoms with Crippen LogP contribution in [-0.2, 0) is 12.8 Å². The SMILES string of the molecule is O=C1c2ccccc2C(Br)C(Br)c2cc(Br)ccc21.O=C1c2ccccc2CCc2cc(Br)ccc21.O=c1c2ccccc2ccc2cc(Br)ccc12. The summed E-state index contributed by atoms with van der Waals surface area (Å²) in [7, 11) is 0. The summed E-state index contributed by atoms with van der Waals surface area (Å²) >= 11 is 17.8. The zero-order valence-electron chi connectivity index (χ0n) is 28.0. The average molecular weight is 1020 g/mol. The Morgan fingerprint density at radius 1 is 0.415 bits per heavy atom. The molecule has 0 N–H and O–H groups in total. The fraction of sp³-hybridized carbons (Fsp3) is 0.0889. The molecule has 0 heterocycles. The quantitative estimate of drug-likeness (QED) is 0.142. The first-order valence-electron chi connectivity index (χ1n) is 16.8. The van der Waals surface area contributed by atoms with Gasteiger partial charge in [0.1, 0.15) is 0 Å². The van der Waals surface area contributed by atoms with Gasteiger partial charge in [-0.3, -0.25) is 14.4 Å². The summed E-state index contributed by atoms with van der Waals surface area (Å²) in [5.41, 5.74) is 7.67. The van der Waals surface area contributed by atoms with Gasteiger partial charge in [-0.1, -0.05) is 165 Å². The van der Waals surface area contributed by atoms with Crippen molar-refractivity contribution < 1.29 is 9.59 Å². The van der Waals surface area contributed by atoms with E-state index in [0.717, 1.165) is 92.3 Å². The van der Waals surface area contributed by atoms with Gasteiger partial charge in [-0.15, -0.1) is 0 Å². The predicted octanol–water partition coefficient (Wildman–Crippen LogP) is 13.5. The fourth-order valence-electron chi connectivity index (χ4n) is 6.79. The Morgan fingerprint density at radius 3 is 1.74 bits per heavy atom. The molecule has 2 aliphatic rings. The molecule has 0 amide bonds. The molecule has 0 bridgehead atoms. The monoisotopic (exact) mass is 1010 g/mol. The molecule has 0 fully saturated rings. The van der Waals surface area contributed by atoms with Crippen LogP contribution in [0.2, 0.25) is 0 Å². The van der Waals surface area contributed by atoms with E-state index < -0.39 is 0 Å². The van der Waals surface area contributed by atoms with E-state index in [1.54, 1.807) is 0 Å². The molecule has 8 heteroatoms. The van der Waals surface area contributed by atoms with Gasteiger partial charge in [0.2, 0.25) is 0 Å². The Hall–Kier alpha value is -3.53. The van der Waals surface area contributed by atoms with Crippen LogP contribution in [0.3, 0.4) is 0 Å². The van der Waals surface area contributed by atoms with Crippen LogP contribution in [0.1, 0.15) is 63.8 Å². The molecule has 2 unspecified atom stereocenters. The molecule has 3 nitrogen and oxygen atoms in total. The summed E-state index contributed by atoms with van der Waals surface area (Å²) in [5.74, 6) is 0.241.